The number of anilines is 3. The van der Waals surface area contributed by atoms with Crippen molar-refractivity contribution in [2.45, 2.75) is 32.6 Å². The molecule has 0 aromatic carbocycles. The Labute approximate surface area is 125 Å². The van der Waals surface area contributed by atoms with Gasteiger partial charge >= 0.3 is 0 Å². The number of hydrazine groups is 1. The van der Waals surface area contributed by atoms with Gasteiger partial charge in [-0.25, -0.2) is 5.84 Å². The predicted octanol–water partition coefficient (Wildman–Crippen LogP) is 1.24. The van der Waals surface area contributed by atoms with Gasteiger partial charge in [-0.3, -0.25) is 5.43 Å². The second-order valence-corrected chi connectivity index (χ2v) is 6.30. The molecule has 0 amide bonds. The third kappa shape index (κ3) is 3.34. The van der Waals surface area contributed by atoms with Crippen molar-refractivity contribution in [2.75, 3.05) is 41.9 Å². The van der Waals surface area contributed by atoms with Crippen LogP contribution < -0.4 is 21.1 Å². The summed E-state index contributed by atoms with van der Waals surface area (Å²) in [6, 6.07) is 0. The third-order valence-electron chi connectivity index (χ3n) is 4.51. The van der Waals surface area contributed by atoms with Crippen LogP contribution >= 0.6 is 0 Å². The van der Waals surface area contributed by atoms with Crippen molar-refractivity contribution in [1.82, 2.24) is 15.0 Å². The van der Waals surface area contributed by atoms with Crippen LogP contribution in [0.3, 0.4) is 0 Å². The molecule has 3 rings (SSSR count). The Morgan fingerprint density at radius 3 is 2.57 bits per heavy atom. The van der Waals surface area contributed by atoms with E-state index >= 15 is 0 Å². The van der Waals surface area contributed by atoms with E-state index < -0.39 is 0 Å². The first-order valence-electron chi connectivity index (χ1n) is 7.86. The van der Waals surface area contributed by atoms with Crippen LogP contribution in [0, 0.1) is 11.8 Å². The second-order valence-electron chi connectivity index (χ2n) is 6.30. The minimum atomic E-state index is 0.441. The van der Waals surface area contributed by atoms with E-state index in [1.54, 1.807) is 0 Å². The lowest BCUT2D eigenvalue weighted by molar-refractivity contribution is 0.567. The van der Waals surface area contributed by atoms with Crippen LogP contribution in [0.2, 0.25) is 0 Å². The van der Waals surface area contributed by atoms with Gasteiger partial charge in [-0.2, -0.15) is 15.0 Å². The summed E-state index contributed by atoms with van der Waals surface area (Å²) in [5, 5.41) is 0. The number of nitrogens with two attached hydrogens (primary N) is 1. The molecule has 2 fully saturated rings. The zero-order chi connectivity index (χ0) is 14.8. The van der Waals surface area contributed by atoms with Gasteiger partial charge in [-0.1, -0.05) is 6.92 Å². The Hall–Kier alpha value is -1.63. The average Bonchev–Trinajstić information content (AvgIpc) is 3.22. The summed E-state index contributed by atoms with van der Waals surface area (Å²) >= 11 is 0. The van der Waals surface area contributed by atoms with Crippen LogP contribution in [0.5, 0.6) is 0 Å². The minimum absolute atomic E-state index is 0.441. The van der Waals surface area contributed by atoms with Crippen LogP contribution in [-0.2, 0) is 0 Å². The highest BCUT2D eigenvalue weighted by molar-refractivity contribution is 5.44. The van der Waals surface area contributed by atoms with Gasteiger partial charge in [-0.15, -0.1) is 0 Å². The standard InChI is InChI=1S/C14H25N7/c1-10-8-11(10)9-20(2)13-16-12(19-15)17-14(18-13)21-6-4-3-5-7-21/h10-11H,3-9,15H2,1-2H3,(H,16,17,18,19). The first kappa shape index (κ1) is 14.3. The van der Waals surface area contributed by atoms with Gasteiger partial charge in [0.25, 0.3) is 0 Å². The maximum Gasteiger partial charge on any atom is 0.243 e. The fraction of sp³-hybridized carbons (Fsp3) is 0.786. The van der Waals surface area contributed by atoms with Crippen molar-refractivity contribution in [2.24, 2.45) is 17.7 Å². The fourth-order valence-electron chi connectivity index (χ4n) is 2.91. The molecule has 0 bridgehead atoms. The molecule has 1 saturated carbocycles. The van der Waals surface area contributed by atoms with Gasteiger partial charge in [0.15, 0.2) is 0 Å². The second kappa shape index (κ2) is 6.01. The maximum atomic E-state index is 5.51. The Bertz CT molecular complexity index is 486. The highest BCUT2D eigenvalue weighted by atomic mass is 15.4. The Morgan fingerprint density at radius 2 is 1.95 bits per heavy atom. The number of hydrogen-bond acceptors (Lipinski definition) is 7. The molecule has 0 spiro atoms. The van der Waals surface area contributed by atoms with E-state index in [0.29, 0.717) is 11.9 Å². The van der Waals surface area contributed by atoms with Gasteiger partial charge in [0.05, 0.1) is 0 Å². The van der Waals surface area contributed by atoms with Crippen molar-refractivity contribution in [3.05, 3.63) is 0 Å². The number of hydrogen-bond donors (Lipinski definition) is 2. The quantitative estimate of drug-likeness (QED) is 0.623. The highest BCUT2D eigenvalue weighted by Gasteiger charge is 2.34. The number of piperidine rings is 1. The van der Waals surface area contributed by atoms with Crippen LogP contribution in [0.15, 0.2) is 0 Å². The summed E-state index contributed by atoms with van der Waals surface area (Å²) < 4.78 is 0. The van der Waals surface area contributed by atoms with Gasteiger partial charge in [0, 0.05) is 26.7 Å². The lowest BCUT2D eigenvalue weighted by Gasteiger charge is -2.27. The van der Waals surface area contributed by atoms with E-state index in [1.165, 1.54) is 25.7 Å². The minimum Gasteiger partial charge on any atom is -0.343 e. The molecule has 116 valence electrons. The molecule has 2 atom stereocenters. The molecule has 2 heterocycles. The summed E-state index contributed by atoms with van der Waals surface area (Å²) in [5.74, 6) is 8.99. The lowest BCUT2D eigenvalue weighted by atomic mass is 10.1. The molecule has 21 heavy (non-hydrogen) atoms. The molecular formula is C14H25N7. The Kier molecular flexibility index (Phi) is 4.10. The first-order chi connectivity index (χ1) is 10.2. The zero-order valence-corrected chi connectivity index (χ0v) is 12.9. The highest BCUT2D eigenvalue weighted by Crippen LogP contribution is 2.38. The maximum absolute atomic E-state index is 5.51. The number of aromatic nitrogens is 3. The molecule has 1 aromatic heterocycles. The summed E-state index contributed by atoms with van der Waals surface area (Å²) in [4.78, 5) is 17.8. The third-order valence-corrected chi connectivity index (χ3v) is 4.51. The smallest absolute Gasteiger partial charge is 0.243 e. The van der Waals surface area contributed by atoms with E-state index in [9.17, 15) is 0 Å². The Morgan fingerprint density at radius 1 is 1.24 bits per heavy atom. The van der Waals surface area contributed by atoms with Crippen molar-refractivity contribution in [3.8, 4) is 0 Å². The molecule has 3 N–H and O–H groups in total. The van der Waals surface area contributed by atoms with Crippen LogP contribution in [-0.4, -0.2) is 41.6 Å². The summed E-state index contributed by atoms with van der Waals surface area (Å²) in [6.07, 6.45) is 4.98. The fourth-order valence-corrected chi connectivity index (χ4v) is 2.91. The van der Waals surface area contributed by atoms with E-state index in [1.807, 2.05) is 7.05 Å². The zero-order valence-electron chi connectivity index (χ0n) is 12.9. The molecule has 7 heteroatoms. The molecule has 2 aliphatic rings. The van der Waals surface area contributed by atoms with Crippen LogP contribution in [0.4, 0.5) is 17.8 Å². The monoisotopic (exact) mass is 291 g/mol. The number of nitrogen functional groups attached to an aromatic ring is 1. The molecule has 1 aliphatic carbocycles. The summed E-state index contributed by atoms with van der Waals surface area (Å²) in [6.45, 7) is 5.31. The Balaban J connectivity index is 1.78. The van der Waals surface area contributed by atoms with Crippen molar-refractivity contribution in [1.29, 1.82) is 0 Å². The molecule has 1 saturated heterocycles. The largest absolute Gasteiger partial charge is 0.343 e. The van der Waals surface area contributed by atoms with E-state index in [0.717, 1.165) is 37.4 Å². The number of nitrogens with one attached hydrogen (secondary N) is 1. The van der Waals surface area contributed by atoms with Crippen molar-refractivity contribution in [3.63, 3.8) is 0 Å². The average molecular weight is 291 g/mol. The summed E-state index contributed by atoms with van der Waals surface area (Å²) in [5.41, 5.74) is 2.56. The predicted molar refractivity (Wildman–Crippen MR) is 84.2 cm³/mol. The van der Waals surface area contributed by atoms with Crippen molar-refractivity contribution >= 4 is 17.8 Å². The van der Waals surface area contributed by atoms with E-state index in [-0.39, 0.29) is 0 Å². The number of nitrogens with zero attached hydrogens (tertiary/aromatic N) is 5. The van der Waals surface area contributed by atoms with Gasteiger partial charge in [-0.05, 0) is 37.5 Å². The SMILES string of the molecule is CC1CC1CN(C)c1nc(NN)nc(N2CCCCC2)n1. The van der Waals surface area contributed by atoms with Crippen LogP contribution in [0.1, 0.15) is 32.6 Å². The normalized spacial score (nSPS) is 24.8. The topological polar surface area (TPSA) is 83.2 Å². The molecule has 1 aliphatic heterocycles. The molecular weight excluding hydrogens is 266 g/mol. The van der Waals surface area contributed by atoms with E-state index in [4.69, 9.17) is 5.84 Å². The first-order valence-corrected chi connectivity index (χ1v) is 7.86. The molecule has 2 unspecified atom stereocenters. The van der Waals surface area contributed by atoms with E-state index in [2.05, 4.69) is 37.1 Å². The number of rotatable bonds is 5. The van der Waals surface area contributed by atoms with Gasteiger partial charge < -0.3 is 9.80 Å². The van der Waals surface area contributed by atoms with Crippen LogP contribution in [0.25, 0.3) is 0 Å². The molecule has 0 radical (unpaired) electrons. The van der Waals surface area contributed by atoms with Crippen molar-refractivity contribution < 1.29 is 0 Å². The van der Waals surface area contributed by atoms with Gasteiger partial charge in [0.1, 0.15) is 0 Å². The molecule has 1 aromatic rings. The molecule has 7 nitrogen and oxygen atoms in total. The summed E-state index contributed by atoms with van der Waals surface area (Å²) in [7, 11) is 2.04. The lowest BCUT2D eigenvalue weighted by Crippen LogP contribution is -2.33. The van der Waals surface area contributed by atoms with Gasteiger partial charge in [0.2, 0.25) is 17.8 Å².